The van der Waals surface area contributed by atoms with Gasteiger partial charge in [-0.25, -0.2) is 4.98 Å². The van der Waals surface area contributed by atoms with Gasteiger partial charge in [0, 0.05) is 31.0 Å². The number of rotatable bonds is 5. The second kappa shape index (κ2) is 6.85. The molecule has 5 heteroatoms. The fourth-order valence-corrected chi connectivity index (χ4v) is 2.23. The van der Waals surface area contributed by atoms with Crippen LogP contribution >= 0.6 is 23.2 Å². The van der Waals surface area contributed by atoms with Crippen molar-refractivity contribution in [3.63, 3.8) is 0 Å². The Morgan fingerprint density at radius 1 is 1.05 bits per heavy atom. The molecule has 0 N–H and O–H groups in total. The highest BCUT2D eigenvalue weighted by atomic mass is 35.5. The number of halogens is 2. The maximum absolute atomic E-state index is 6.10. The van der Waals surface area contributed by atoms with Crippen LogP contribution in [0.3, 0.4) is 0 Å². The molecule has 0 atom stereocenters. The van der Waals surface area contributed by atoms with Crippen molar-refractivity contribution in [2.24, 2.45) is 0 Å². The van der Waals surface area contributed by atoms with Crippen LogP contribution in [0.2, 0.25) is 10.3 Å². The van der Waals surface area contributed by atoms with Crippen molar-refractivity contribution in [2.75, 3.05) is 6.54 Å². The molecule has 0 fully saturated rings. The van der Waals surface area contributed by atoms with E-state index in [4.69, 9.17) is 23.2 Å². The van der Waals surface area contributed by atoms with Gasteiger partial charge in [-0.3, -0.25) is 9.88 Å². The Morgan fingerprint density at radius 2 is 1.79 bits per heavy atom. The Morgan fingerprint density at radius 3 is 2.42 bits per heavy atom. The molecule has 0 spiro atoms. The van der Waals surface area contributed by atoms with Crippen molar-refractivity contribution in [1.29, 1.82) is 0 Å². The molecule has 0 unspecified atom stereocenters. The Kier molecular flexibility index (Phi) is 5.14. The van der Waals surface area contributed by atoms with Crippen molar-refractivity contribution in [3.8, 4) is 0 Å². The van der Waals surface area contributed by atoms with E-state index in [1.165, 1.54) is 5.56 Å². The number of hydrogen-bond donors (Lipinski definition) is 0. The average Bonchev–Trinajstić information content (AvgIpc) is 2.42. The van der Waals surface area contributed by atoms with E-state index in [0.29, 0.717) is 10.3 Å². The van der Waals surface area contributed by atoms with Crippen molar-refractivity contribution in [2.45, 2.75) is 20.0 Å². The van der Waals surface area contributed by atoms with E-state index >= 15 is 0 Å². The molecule has 2 aromatic heterocycles. The minimum absolute atomic E-state index is 0.422. The normalized spacial score (nSPS) is 10.9. The molecule has 19 heavy (non-hydrogen) atoms. The molecular formula is C14H15Cl2N3. The van der Waals surface area contributed by atoms with Crippen LogP contribution in [0.4, 0.5) is 0 Å². The van der Waals surface area contributed by atoms with Crippen molar-refractivity contribution in [3.05, 3.63) is 58.1 Å². The van der Waals surface area contributed by atoms with E-state index in [0.717, 1.165) is 25.2 Å². The summed E-state index contributed by atoms with van der Waals surface area (Å²) in [6.45, 7) is 4.67. The molecule has 0 aliphatic rings. The summed E-state index contributed by atoms with van der Waals surface area (Å²) in [4.78, 5) is 10.4. The molecule has 0 amide bonds. The minimum atomic E-state index is 0.422. The molecule has 0 saturated heterocycles. The van der Waals surface area contributed by atoms with Gasteiger partial charge in [0.25, 0.3) is 0 Å². The van der Waals surface area contributed by atoms with Crippen LogP contribution in [-0.2, 0) is 13.1 Å². The van der Waals surface area contributed by atoms with E-state index in [-0.39, 0.29) is 0 Å². The van der Waals surface area contributed by atoms with Gasteiger partial charge in [-0.15, -0.1) is 0 Å². The lowest BCUT2D eigenvalue weighted by Gasteiger charge is -2.20. The van der Waals surface area contributed by atoms with Gasteiger partial charge in [0.15, 0.2) is 0 Å². The first-order valence-corrected chi connectivity index (χ1v) is 6.87. The lowest BCUT2D eigenvalue weighted by molar-refractivity contribution is 0.271. The van der Waals surface area contributed by atoms with Gasteiger partial charge in [-0.1, -0.05) is 36.2 Å². The molecule has 100 valence electrons. The average molecular weight is 296 g/mol. The third kappa shape index (κ3) is 4.16. The lowest BCUT2D eigenvalue weighted by atomic mass is 10.2. The van der Waals surface area contributed by atoms with Crippen molar-refractivity contribution < 1.29 is 0 Å². The molecule has 0 aliphatic carbocycles. The number of nitrogens with zero attached hydrogens (tertiary/aromatic N) is 3. The molecule has 2 heterocycles. The van der Waals surface area contributed by atoms with Gasteiger partial charge in [0.2, 0.25) is 0 Å². The zero-order chi connectivity index (χ0) is 13.7. The summed E-state index contributed by atoms with van der Waals surface area (Å²) in [5, 5.41) is 0.895. The molecule has 0 bridgehead atoms. The van der Waals surface area contributed by atoms with Gasteiger partial charge < -0.3 is 0 Å². The smallest absolute Gasteiger partial charge is 0.135 e. The summed E-state index contributed by atoms with van der Waals surface area (Å²) in [5.74, 6) is 0. The molecule has 0 radical (unpaired) electrons. The summed E-state index contributed by atoms with van der Waals surface area (Å²) in [6.07, 6.45) is 3.61. The topological polar surface area (TPSA) is 29.0 Å². The van der Waals surface area contributed by atoms with Gasteiger partial charge in [-0.2, -0.15) is 0 Å². The summed E-state index contributed by atoms with van der Waals surface area (Å²) in [7, 11) is 0. The molecule has 2 aromatic rings. The quantitative estimate of drug-likeness (QED) is 0.786. The first kappa shape index (κ1) is 14.3. The van der Waals surface area contributed by atoms with Crippen LogP contribution in [0.5, 0.6) is 0 Å². The molecule has 0 aliphatic heterocycles. The van der Waals surface area contributed by atoms with Gasteiger partial charge in [0.05, 0.1) is 0 Å². The standard InChI is InChI=1S/C14H15Cl2N3/c1-2-19(9-11-5-7-17-8-6-11)10-12-3-4-13(15)18-14(12)16/h3-8H,2,9-10H2,1H3. The minimum Gasteiger partial charge on any atom is -0.295 e. The molecule has 0 saturated carbocycles. The van der Waals surface area contributed by atoms with Crippen LogP contribution in [0, 0.1) is 0 Å². The first-order valence-electron chi connectivity index (χ1n) is 6.11. The lowest BCUT2D eigenvalue weighted by Crippen LogP contribution is -2.22. The van der Waals surface area contributed by atoms with E-state index in [9.17, 15) is 0 Å². The predicted molar refractivity (Wildman–Crippen MR) is 78.3 cm³/mol. The number of aromatic nitrogens is 2. The Balaban J connectivity index is 2.06. The van der Waals surface area contributed by atoms with Crippen molar-refractivity contribution in [1.82, 2.24) is 14.9 Å². The SMILES string of the molecule is CCN(Cc1ccncc1)Cc1ccc(Cl)nc1Cl. The fraction of sp³-hybridized carbons (Fsp3) is 0.286. The third-order valence-corrected chi connectivity index (χ3v) is 3.43. The second-order valence-electron chi connectivity index (χ2n) is 4.24. The highest BCUT2D eigenvalue weighted by Gasteiger charge is 2.09. The largest absolute Gasteiger partial charge is 0.295 e. The Bertz CT molecular complexity index is 531. The molecule has 0 aromatic carbocycles. The summed E-state index contributed by atoms with van der Waals surface area (Å²) < 4.78 is 0. The number of pyridine rings is 2. The van der Waals surface area contributed by atoms with Crippen LogP contribution in [-0.4, -0.2) is 21.4 Å². The molecular weight excluding hydrogens is 281 g/mol. The van der Waals surface area contributed by atoms with E-state index in [1.54, 1.807) is 18.5 Å². The third-order valence-electron chi connectivity index (χ3n) is 2.89. The zero-order valence-corrected chi connectivity index (χ0v) is 12.2. The van der Waals surface area contributed by atoms with Gasteiger partial charge in [-0.05, 0) is 30.3 Å². The van der Waals surface area contributed by atoms with Crippen LogP contribution in [0.15, 0.2) is 36.7 Å². The van der Waals surface area contributed by atoms with Crippen LogP contribution in [0.1, 0.15) is 18.1 Å². The van der Waals surface area contributed by atoms with Crippen LogP contribution < -0.4 is 0 Å². The summed E-state index contributed by atoms with van der Waals surface area (Å²) in [6, 6.07) is 7.73. The summed E-state index contributed by atoms with van der Waals surface area (Å²) >= 11 is 11.9. The van der Waals surface area contributed by atoms with Gasteiger partial charge >= 0.3 is 0 Å². The monoisotopic (exact) mass is 295 g/mol. The Labute approximate surface area is 123 Å². The second-order valence-corrected chi connectivity index (χ2v) is 4.99. The van der Waals surface area contributed by atoms with Gasteiger partial charge in [0.1, 0.15) is 10.3 Å². The summed E-state index contributed by atoms with van der Waals surface area (Å²) in [5.41, 5.74) is 2.22. The fourth-order valence-electron chi connectivity index (χ4n) is 1.83. The Hall–Kier alpha value is -1.16. The zero-order valence-electron chi connectivity index (χ0n) is 10.7. The maximum atomic E-state index is 6.10. The highest BCUT2D eigenvalue weighted by Crippen LogP contribution is 2.19. The van der Waals surface area contributed by atoms with E-state index in [2.05, 4.69) is 21.8 Å². The molecule has 2 rings (SSSR count). The van der Waals surface area contributed by atoms with E-state index < -0.39 is 0 Å². The molecule has 3 nitrogen and oxygen atoms in total. The number of hydrogen-bond acceptors (Lipinski definition) is 3. The van der Waals surface area contributed by atoms with Crippen LogP contribution in [0.25, 0.3) is 0 Å². The predicted octanol–water partition coefficient (Wildman–Crippen LogP) is 3.81. The maximum Gasteiger partial charge on any atom is 0.135 e. The van der Waals surface area contributed by atoms with E-state index in [1.807, 2.05) is 18.2 Å². The highest BCUT2D eigenvalue weighted by molar-refractivity contribution is 6.32. The first-order chi connectivity index (χ1) is 9.19. The van der Waals surface area contributed by atoms with Crippen molar-refractivity contribution >= 4 is 23.2 Å².